The summed E-state index contributed by atoms with van der Waals surface area (Å²) < 4.78 is 6.32. The Kier molecular flexibility index (Phi) is 3.30. The third-order valence-corrected chi connectivity index (χ3v) is 5.20. The lowest BCUT2D eigenvalue weighted by molar-refractivity contribution is -0.172. The molecule has 0 aromatic heterocycles. The van der Waals surface area contributed by atoms with Crippen LogP contribution in [0.3, 0.4) is 0 Å². The summed E-state index contributed by atoms with van der Waals surface area (Å²) in [7, 11) is 0. The Morgan fingerprint density at radius 3 is 2.32 bits per heavy atom. The number of hydrogen-bond donors (Lipinski definition) is 1. The zero-order valence-electron chi connectivity index (χ0n) is 12.0. The second kappa shape index (κ2) is 4.82. The lowest BCUT2D eigenvalue weighted by Crippen LogP contribution is -2.60. The Bertz CT molecular complexity index is 440. The van der Waals surface area contributed by atoms with Gasteiger partial charge in [-0.05, 0) is 37.8 Å². The van der Waals surface area contributed by atoms with Gasteiger partial charge in [0.1, 0.15) is 11.9 Å². The van der Waals surface area contributed by atoms with Crippen LogP contribution in [0.5, 0.6) is 5.75 Å². The molecule has 2 aliphatic rings. The van der Waals surface area contributed by atoms with E-state index in [4.69, 9.17) is 4.74 Å². The van der Waals surface area contributed by atoms with Crippen molar-refractivity contribution in [2.75, 3.05) is 0 Å². The van der Waals surface area contributed by atoms with E-state index in [9.17, 15) is 5.11 Å². The number of benzene rings is 1. The molecule has 2 saturated carbocycles. The van der Waals surface area contributed by atoms with Gasteiger partial charge in [0.15, 0.2) is 0 Å². The van der Waals surface area contributed by atoms with Crippen LogP contribution in [0.4, 0.5) is 0 Å². The molecule has 2 fully saturated rings. The number of aliphatic hydroxyl groups is 1. The molecule has 1 aromatic carbocycles. The fourth-order valence-electron chi connectivity index (χ4n) is 3.88. The van der Waals surface area contributed by atoms with E-state index in [0.29, 0.717) is 0 Å². The van der Waals surface area contributed by atoms with Crippen molar-refractivity contribution in [3.8, 4) is 5.75 Å². The van der Waals surface area contributed by atoms with Gasteiger partial charge in [-0.3, -0.25) is 0 Å². The highest BCUT2D eigenvalue weighted by molar-refractivity contribution is 5.40. The first kappa shape index (κ1) is 13.0. The molecule has 19 heavy (non-hydrogen) atoms. The van der Waals surface area contributed by atoms with Gasteiger partial charge in [-0.15, -0.1) is 0 Å². The minimum Gasteiger partial charge on any atom is -0.489 e. The van der Waals surface area contributed by atoms with Crippen LogP contribution in [0.1, 0.15) is 49.7 Å². The van der Waals surface area contributed by atoms with Crippen molar-refractivity contribution in [1.82, 2.24) is 0 Å². The van der Waals surface area contributed by atoms with Crippen LogP contribution < -0.4 is 4.74 Å². The molecule has 2 unspecified atom stereocenters. The van der Waals surface area contributed by atoms with E-state index in [1.54, 1.807) is 0 Å². The van der Waals surface area contributed by atoms with Crippen molar-refractivity contribution in [3.63, 3.8) is 0 Å². The molecule has 0 saturated heterocycles. The monoisotopic (exact) mass is 260 g/mol. The highest BCUT2D eigenvalue weighted by Crippen LogP contribution is 2.53. The standard InChI is InChI=1S/C17H24O2/c1-12-7-6-8-13(2)16(12)19-15-11-14(18)17(15)9-4-3-5-10-17/h6-8,14-15,18H,3-5,9-11H2,1-2H3. The molecular formula is C17H24O2. The van der Waals surface area contributed by atoms with E-state index in [1.165, 1.54) is 30.4 Å². The lowest BCUT2D eigenvalue weighted by atomic mass is 9.56. The van der Waals surface area contributed by atoms with Crippen molar-refractivity contribution in [1.29, 1.82) is 0 Å². The van der Waals surface area contributed by atoms with Gasteiger partial charge in [-0.25, -0.2) is 0 Å². The lowest BCUT2D eigenvalue weighted by Gasteiger charge is -2.55. The summed E-state index contributed by atoms with van der Waals surface area (Å²) in [6.07, 6.45) is 6.91. The van der Waals surface area contributed by atoms with Crippen LogP contribution in [0.25, 0.3) is 0 Å². The van der Waals surface area contributed by atoms with Crippen molar-refractivity contribution in [2.45, 2.75) is 64.6 Å². The number of para-hydroxylation sites is 1. The predicted molar refractivity (Wildman–Crippen MR) is 76.5 cm³/mol. The fourth-order valence-corrected chi connectivity index (χ4v) is 3.88. The molecule has 1 N–H and O–H groups in total. The zero-order chi connectivity index (χ0) is 13.5. The minimum atomic E-state index is -0.151. The van der Waals surface area contributed by atoms with Crippen molar-refractivity contribution in [2.24, 2.45) is 5.41 Å². The number of rotatable bonds is 2. The van der Waals surface area contributed by atoms with Gasteiger partial charge in [0.05, 0.1) is 6.10 Å². The summed E-state index contributed by atoms with van der Waals surface area (Å²) in [6.45, 7) is 4.20. The highest BCUT2D eigenvalue weighted by Gasteiger charge is 2.56. The molecule has 2 nitrogen and oxygen atoms in total. The Labute approximate surface area is 115 Å². The molecule has 0 radical (unpaired) electrons. The Hall–Kier alpha value is -1.02. The average molecular weight is 260 g/mol. The van der Waals surface area contributed by atoms with Gasteiger partial charge in [0.2, 0.25) is 0 Å². The van der Waals surface area contributed by atoms with Crippen LogP contribution in [0.2, 0.25) is 0 Å². The van der Waals surface area contributed by atoms with E-state index in [1.807, 2.05) is 0 Å². The molecule has 104 valence electrons. The van der Waals surface area contributed by atoms with E-state index in [0.717, 1.165) is 25.0 Å². The molecule has 0 bridgehead atoms. The second-order valence-electron chi connectivity index (χ2n) is 6.37. The van der Waals surface area contributed by atoms with Gasteiger partial charge in [0, 0.05) is 11.8 Å². The Morgan fingerprint density at radius 1 is 1.11 bits per heavy atom. The quantitative estimate of drug-likeness (QED) is 0.877. The van der Waals surface area contributed by atoms with Gasteiger partial charge >= 0.3 is 0 Å². The van der Waals surface area contributed by atoms with E-state index in [2.05, 4.69) is 32.0 Å². The van der Waals surface area contributed by atoms with Crippen molar-refractivity contribution in [3.05, 3.63) is 29.3 Å². The van der Waals surface area contributed by atoms with Crippen LogP contribution >= 0.6 is 0 Å². The normalized spacial score (nSPS) is 29.0. The first-order valence-electron chi connectivity index (χ1n) is 7.54. The topological polar surface area (TPSA) is 29.5 Å². The maximum absolute atomic E-state index is 10.2. The largest absolute Gasteiger partial charge is 0.489 e. The molecular weight excluding hydrogens is 236 g/mol. The molecule has 2 aliphatic carbocycles. The van der Waals surface area contributed by atoms with E-state index < -0.39 is 0 Å². The van der Waals surface area contributed by atoms with E-state index in [-0.39, 0.29) is 17.6 Å². The summed E-state index contributed by atoms with van der Waals surface area (Å²) in [4.78, 5) is 0. The number of hydrogen-bond acceptors (Lipinski definition) is 2. The smallest absolute Gasteiger partial charge is 0.125 e. The number of aryl methyl sites for hydroxylation is 2. The highest BCUT2D eigenvalue weighted by atomic mass is 16.5. The zero-order valence-corrected chi connectivity index (χ0v) is 12.0. The molecule has 2 atom stereocenters. The number of ether oxygens (including phenoxy) is 1. The van der Waals surface area contributed by atoms with Crippen LogP contribution in [-0.2, 0) is 0 Å². The third kappa shape index (κ3) is 2.06. The summed E-state index contributed by atoms with van der Waals surface area (Å²) >= 11 is 0. The van der Waals surface area contributed by atoms with Gasteiger partial charge < -0.3 is 9.84 Å². The summed E-state index contributed by atoms with van der Waals surface area (Å²) in [6, 6.07) is 6.28. The maximum atomic E-state index is 10.2. The molecule has 3 rings (SSSR count). The fraction of sp³-hybridized carbons (Fsp3) is 0.647. The number of aliphatic hydroxyl groups excluding tert-OH is 1. The summed E-state index contributed by atoms with van der Waals surface area (Å²) in [5.41, 5.74) is 2.45. The van der Waals surface area contributed by atoms with Crippen LogP contribution in [0.15, 0.2) is 18.2 Å². The predicted octanol–water partition coefficient (Wildman–Crippen LogP) is 3.77. The van der Waals surface area contributed by atoms with Gasteiger partial charge in [-0.1, -0.05) is 37.5 Å². The van der Waals surface area contributed by atoms with Crippen LogP contribution in [-0.4, -0.2) is 17.3 Å². The van der Waals surface area contributed by atoms with Gasteiger partial charge in [0.25, 0.3) is 0 Å². The SMILES string of the molecule is Cc1cccc(C)c1OC1CC(O)C12CCCCC2. The molecule has 0 amide bonds. The molecule has 1 spiro atoms. The van der Waals surface area contributed by atoms with Crippen molar-refractivity contribution >= 4 is 0 Å². The third-order valence-electron chi connectivity index (χ3n) is 5.20. The minimum absolute atomic E-state index is 0.0486. The van der Waals surface area contributed by atoms with E-state index >= 15 is 0 Å². The summed E-state index contributed by atoms with van der Waals surface area (Å²) in [5.74, 6) is 1.03. The maximum Gasteiger partial charge on any atom is 0.125 e. The van der Waals surface area contributed by atoms with Gasteiger partial charge in [-0.2, -0.15) is 0 Å². The van der Waals surface area contributed by atoms with Crippen molar-refractivity contribution < 1.29 is 9.84 Å². The first-order valence-corrected chi connectivity index (χ1v) is 7.54. The average Bonchev–Trinajstić information content (AvgIpc) is 2.43. The molecule has 1 aromatic rings. The van der Waals surface area contributed by atoms with Crippen LogP contribution in [0, 0.1) is 19.3 Å². The Balaban J connectivity index is 1.80. The summed E-state index contributed by atoms with van der Waals surface area (Å²) in [5, 5.41) is 10.2. The molecule has 0 heterocycles. The Morgan fingerprint density at radius 2 is 1.74 bits per heavy atom. The molecule has 2 heteroatoms. The molecule has 0 aliphatic heterocycles. The first-order chi connectivity index (χ1) is 9.13. The second-order valence-corrected chi connectivity index (χ2v) is 6.37.